The average Bonchev–Trinajstić information content (AvgIpc) is 2.61. The van der Waals surface area contributed by atoms with Gasteiger partial charge >= 0.3 is 0 Å². The van der Waals surface area contributed by atoms with Crippen LogP contribution in [0.2, 0.25) is 0 Å². The summed E-state index contributed by atoms with van der Waals surface area (Å²) in [6.07, 6.45) is 0.930. The number of amides is 1. The summed E-state index contributed by atoms with van der Waals surface area (Å²) in [6.45, 7) is 2.09. The molecule has 25 heavy (non-hydrogen) atoms. The molecule has 0 saturated carbocycles. The van der Waals surface area contributed by atoms with E-state index in [0.717, 1.165) is 28.3 Å². The van der Waals surface area contributed by atoms with Gasteiger partial charge in [0, 0.05) is 16.3 Å². The number of hydrogen-bond acceptors (Lipinski definition) is 5. The molecule has 3 N–H and O–H groups in total. The lowest BCUT2D eigenvalue weighted by Gasteiger charge is -2.30. The van der Waals surface area contributed by atoms with E-state index in [1.807, 2.05) is 54.6 Å². The number of amidine groups is 1. The monoisotopic (exact) mass is 371 g/mol. The molecule has 1 unspecified atom stereocenters. The van der Waals surface area contributed by atoms with Gasteiger partial charge in [0.1, 0.15) is 0 Å². The van der Waals surface area contributed by atoms with E-state index in [-0.39, 0.29) is 11.4 Å². The van der Waals surface area contributed by atoms with Crippen molar-refractivity contribution in [1.29, 1.82) is 0 Å². The fourth-order valence-corrected chi connectivity index (χ4v) is 4.38. The van der Waals surface area contributed by atoms with Crippen molar-refractivity contribution < 1.29 is 4.79 Å². The highest BCUT2D eigenvalue weighted by molar-refractivity contribution is 8.13. The van der Waals surface area contributed by atoms with Crippen molar-refractivity contribution in [2.75, 3.05) is 16.8 Å². The van der Waals surface area contributed by atoms with E-state index in [1.54, 1.807) is 11.8 Å². The Morgan fingerprint density at radius 2 is 2.08 bits per heavy atom. The second-order valence-electron chi connectivity index (χ2n) is 6.05. The minimum absolute atomic E-state index is 0.0154. The van der Waals surface area contributed by atoms with Crippen molar-refractivity contribution in [2.45, 2.75) is 23.8 Å². The maximum Gasteiger partial charge on any atom is 0.234 e. The van der Waals surface area contributed by atoms with Crippen LogP contribution in [0, 0.1) is 0 Å². The van der Waals surface area contributed by atoms with Gasteiger partial charge in [0.25, 0.3) is 0 Å². The number of anilines is 1. The summed E-state index contributed by atoms with van der Waals surface area (Å²) in [4.78, 5) is 17.9. The Hall–Kier alpha value is -1.92. The first-order valence-electron chi connectivity index (χ1n) is 8.11. The molecule has 130 valence electrons. The maximum atomic E-state index is 12.2. The van der Waals surface area contributed by atoms with Crippen molar-refractivity contribution in [1.82, 2.24) is 0 Å². The second kappa shape index (κ2) is 7.97. The minimum atomic E-state index is -0.325. The third-order valence-electron chi connectivity index (χ3n) is 4.08. The molecule has 0 radical (unpaired) electrons. The van der Waals surface area contributed by atoms with E-state index < -0.39 is 0 Å². The van der Waals surface area contributed by atoms with Crippen LogP contribution in [0.15, 0.2) is 64.5 Å². The highest BCUT2D eigenvalue weighted by atomic mass is 32.2. The summed E-state index contributed by atoms with van der Waals surface area (Å²) in [6, 6.07) is 17.8. The largest absolute Gasteiger partial charge is 0.379 e. The van der Waals surface area contributed by atoms with Gasteiger partial charge in [0.15, 0.2) is 5.17 Å². The van der Waals surface area contributed by atoms with E-state index in [1.165, 1.54) is 11.8 Å². The number of carbonyl (C=O) groups excluding carboxylic acids is 1. The lowest BCUT2D eigenvalue weighted by molar-refractivity contribution is -0.113. The minimum Gasteiger partial charge on any atom is -0.379 e. The van der Waals surface area contributed by atoms with E-state index in [0.29, 0.717) is 10.9 Å². The SMILES string of the molecule is CC1(c2cccc(NC(=O)CSc3ccccc3)c2)CCSC(N)=N1. The van der Waals surface area contributed by atoms with Gasteiger partial charge in [-0.2, -0.15) is 0 Å². The van der Waals surface area contributed by atoms with E-state index >= 15 is 0 Å². The van der Waals surface area contributed by atoms with Gasteiger partial charge in [-0.3, -0.25) is 9.79 Å². The number of rotatable bonds is 5. The summed E-state index contributed by atoms with van der Waals surface area (Å²) < 4.78 is 0. The normalized spacial score (nSPS) is 20.0. The zero-order valence-corrected chi connectivity index (χ0v) is 15.7. The number of nitrogens with zero attached hydrogens (tertiary/aromatic N) is 1. The number of hydrogen-bond donors (Lipinski definition) is 2. The molecule has 1 heterocycles. The number of nitrogens with one attached hydrogen (secondary N) is 1. The molecule has 2 aromatic carbocycles. The van der Waals surface area contributed by atoms with Gasteiger partial charge < -0.3 is 11.1 Å². The van der Waals surface area contributed by atoms with Gasteiger partial charge in [-0.1, -0.05) is 42.1 Å². The van der Waals surface area contributed by atoms with Gasteiger partial charge in [0.05, 0.1) is 11.3 Å². The predicted octanol–water partition coefficient (Wildman–Crippen LogP) is 4.08. The van der Waals surface area contributed by atoms with Gasteiger partial charge in [-0.05, 0) is 43.2 Å². The Kier molecular flexibility index (Phi) is 5.71. The first kappa shape index (κ1) is 17.9. The molecule has 1 amide bonds. The molecule has 4 nitrogen and oxygen atoms in total. The quantitative estimate of drug-likeness (QED) is 0.777. The fourth-order valence-electron chi connectivity index (χ4n) is 2.69. The molecule has 2 aromatic rings. The number of benzene rings is 2. The molecule has 0 saturated heterocycles. The van der Waals surface area contributed by atoms with Crippen molar-refractivity contribution in [3.8, 4) is 0 Å². The molecule has 0 bridgehead atoms. The van der Waals surface area contributed by atoms with Gasteiger partial charge in [-0.25, -0.2) is 0 Å². The highest BCUT2D eigenvalue weighted by Gasteiger charge is 2.29. The van der Waals surface area contributed by atoms with E-state index in [4.69, 9.17) is 5.73 Å². The first-order chi connectivity index (χ1) is 12.0. The van der Waals surface area contributed by atoms with Crippen molar-refractivity contribution >= 4 is 40.3 Å². The van der Waals surface area contributed by atoms with Crippen LogP contribution in [-0.4, -0.2) is 22.6 Å². The molecule has 0 aliphatic carbocycles. The molecular weight excluding hydrogens is 350 g/mol. The van der Waals surface area contributed by atoms with Crippen LogP contribution in [0.5, 0.6) is 0 Å². The summed E-state index contributed by atoms with van der Waals surface area (Å²) in [5, 5.41) is 3.60. The number of aliphatic imine (C=N–C) groups is 1. The van der Waals surface area contributed by atoms with Crippen LogP contribution in [0.25, 0.3) is 0 Å². The van der Waals surface area contributed by atoms with E-state index in [9.17, 15) is 4.79 Å². The first-order valence-corrected chi connectivity index (χ1v) is 10.1. The molecule has 1 aliphatic rings. The molecule has 0 fully saturated rings. The topological polar surface area (TPSA) is 67.5 Å². The smallest absolute Gasteiger partial charge is 0.234 e. The maximum absolute atomic E-state index is 12.2. The zero-order chi connectivity index (χ0) is 17.7. The van der Waals surface area contributed by atoms with Crippen LogP contribution in [0.4, 0.5) is 5.69 Å². The lowest BCUT2D eigenvalue weighted by Crippen LogP contribution is -2.28. The van der Waals surface area contributed by atoms with Crippen LogP contribution < -0.4 is 11.1 Å². The predicted molar refractivity (Wildman–Crippen MR) is 108 cm³/mol. The van der Waals surface area contributed by atoms with Gasteiger partial charge in [0.2, 0.25) is 5.91 Å². The molecule has 1 aliphatic heterocycles. The van der Waals surface area contributed by atoms with Crippen molar-refractivity contribution in [3.05, 3.63) is 60.2 Å². The third-order valence-corrected chi connectivity index (χ3v) is 5.88. The van der Waals surface area contributed by atoms with Crippen molar-refractivity contribution in [2.24, 2.45) is 10.7 Å². The zero-order valence-electron chi connectivity index (χ0n) is 14.1. The standard InChI is InChI=1S/C19H21N3OS2/c1-19(10-11-24-18(20)22-19)14-6-5-7-15(12-14)21-17(23)13-25-16-8-3-2-4-9-16/h2-9,12H,10-11,13H2,1H3,(H2,20,22)(H,21,23). The molecule has 3 rings (SSSR count). The Morgan fingerprint density at radius 3 is 2.84 bits per heavy atom. The fraction of sp³-hybridized carbons (Fsp3) is 0.263. The summed E-state index contributed by atoms with van der Waals surface area (Å²) in [5.41, 5.74) is 7.45. The number of thioether (sulfide) groups is 2. The molecular formula is C19H21N3OS2. The summed E-state index contributed by atoms with van der Waals surface area (Å²) in [7, 11) is 0. The Morgan fingerprint density at radius 1 is 1.28 bits per heavy atom. The van der Waals surface area contributed by atoms with Crippen LogP contribution >= 0.6 is 23.5 Å². The highest BCUT2D eigenvalue weighted by Crippen LogP contribution is 2.35. The van der Waals surface area contributed by atoms with Gasteiger partial charge in [-0.15, -0.1) is 11.8 Å². The average molecular weight is 372 g/mol. The Bertz CT molecular complexity index is 779. The third kappa shape index (κ3) is 4.80. The lowest BCUT2D eigenvalue weighted by atomic mass is 9.89. The van der Waals surface area contributed by atoms with E-state index in [2.05, 4.69) is 17.2 Å². The molecule has 0 spiro atoms. The molecule has 1 atom stereocenters. The molecule has 6 heteroatoms. The van der Waals surface area contributed by atoms with Crippen LogP contribution in [0.1, 0.15) is 18.9 Å². The summed E-state index contributed by atoms with van der Waals surface area (Å²) >= 11 is 3.12. The summed E-state index contributed by atoms with van der Waals surface area (Å²) in [5.74, 6) is 1.32. The Balaban J connectivity index is 1.65. The van der Waals surface area contributed by atoms with Crippen LogP contribution in [0.3, 0.4) is 0 Å². The number of carbonyl (C=O) groups is 1. The van der Waals surface area contributed by atoms with Crippen molar-refractivity contribution in [3.63, 3.8) is 0 Å². The second-order valence-corrected chi connectivity index (χ2v) is 8.22. The Labute approximate surface area is 156 Å². The molecule has 0 aromatic heterocycles. The number of nitrogens with two attached hydrogens (primary N) is 1. The van der Waals surface area contributed by atoms with Crippen LogP contribution in [-0.2, 0) is 10.3 Å².